The molecule has 4 nitrogen and oxygen atoms in total. The summed E-state index contributed by atoms with van der Waals surface area (Å²) in [5, 5.41) is 0. The van der Waals surface area contributed by atoms with Crippen molar-refractivity contribution in [2.75, 3.05) is 6.61 Å². The maximum Gasteiger partial charge on any atom is 0.180 e. The van der Waals surface area contributed by atoms with E-state index in [1.165, 1.54) is 6.39 Å². The highest BCUT2D eigenvalue weighted by Gasteiger charge is 1.93. The van der Waals surface area contributed by atoms with E-state index in [0.717, 1.165) is 0 Å². The lowest BCUT2D eigenvalue weighted by molar-refractivity contribution is 0.0573. The first-order valence-electron chi connectivity index (χ1n) is 3.09. The number of hydrogen-bond acceptors (Lipinski definition) is 4. The second kappa shape index (κ2) is 4.50. The molecule has 0 aliphatic carbocycles. The van der Waals surface area contributed by atoms with Crippen molar-refractivity contribution in [3.63, 3.8) is 0 Å². The molecule has 0 fully saturated rings. The molecule has 4 heteroatoms. The van der Waals surface area contributed by atoms with E-state index in [0.29, 0.717) is 12.3 Å². The Kier molecular flexibility index (Phi) is 3.19. The Balaban J connectivity index is 2.10. The van der Waals surface area contributed by atoms with E-state index in [1.807, 2.05) is 0 Å². The van der Waals surface area contributed by atoms with Gasteiger partial charge in [-0.25, -0.2) is 4.98 Å². The van der Waals surface area contributed by atoms with Crippen molar-refractivity contribution >= 4 is 0 Å². The Labute approximate surface area is 64.5 Å². The number of hydrogen-bond donors (Lipinski definition) is 1. The number of rotatable bonds is 4. The minimum absolute atomic E-state index is 0.244. The van der Waals surface area contributed by atoms with Crippen molar-refractivity contribution < 1.29 is 9.25 Å². The number of aromatic nitrogens is 1. The van der Waals surface area contributed by atoms with Gasteiger partial charge in [0.1, 0.15) is 12.4 Å². The first-order valence-corrected chi connectivity index (χ1v) is 3.09. The maximum atomic E-state index is 4.94. The third-order valence-corrected chi connectivity index (χ3v) is 0.987. The van der Waals surface area contributed by atoms with Gasteiger partial charge in [-0.15, -0.1) is 6.42 Å². The molecule has 1 heterocycles. The Morgan fingerprint density at radius 2 is 2.73 bits per heavy atom. The third kappa shape index (κ3) is 2.85. The molecule has 0 aromatic carbocycles. The van der Waals surface area contributed by atoms with Crippen LogP contribution in [0, 0.1) is 12.3 Å². The number of nitrogens with one attached hydrogen (secondary N) is 1. The van der Waals surface area contributed by atoms with E-state index in [1.54, 1.807) is 6.20 Å². The van der Waals surface area contributed by atoms with Gasteiger partial charge in [-0.1, -0.05) is 5.92 Å². The van der Waals surface area contributed by atoms with Crippen molar-refractivity contribution in [1.29, 1.82) is 0 Å². The van der Waals surface area contributed by atoms with Crippen LogP contribution in [0.5, 0.6) is 0 Å². The lowest BCUT2D eigenvalue weighted by atomic mass is 10.5. The lowest BCUT2D eigenvalue weighted by Crippen LogP contribution is -2.13. The van der Waals surface area contributed by atoms with E-state index in [-0.39, 0.29) is 6.61 Å². The normalized spacial score (nSPS) is 9.36. The zero-order valence-electron chi connectivity index (χ0n) is 5.91. The first kappa shape index (κ1) is 7.79. The fraction of sp³-hybridized carbons (Fsp3) is 0.286. The average Bonchev–Trinajstić information content (AvgIpc) is 2.50. The van der Waals surface area contributed by atoms with Crippen LogP contribution in [0.25, 0.3) is 0 Å². The Morgan fingerprint density at radius 3 is 3.36 bits per heavy atom. The van der Waals surface area contributed by atoms with E-state index in [2.05, 4.69) is 16.4 Å². The van der Waals surface area contributed by atoms with Crippen molar-refractivity contribution in [2.24, 2.45) is 0 Å². The number of terminal acetylenes is 1. The summed E-state index contributed by atoms with van der Waals surface area (Å²) in [5.74, 6) is 3.03. The summed E-state index contributed by atoms with van der Waals surface area (Å²) in [4.78, 5) is 8.50. The van der Waals surface area contributed by atoms with Crippen LogP contribution in [0.4, 0.5) is 0 Å². The van der Waals surface area contributed by atoms with Gasteiger partial charge >= 0.3 is 0 Å². The van der Waals surface area contributed by atoms with E-state index < -0.39 is 0 Å². The summed E-state index contributed by atoms with van der Waals surface area (Å²) in [6.07, 6.45) is 7.90. The van der Waals surface area contributed by atoms with Gasteiger partial charge in [-0.05, 0) is 0 Å². The molecular weight excluding hydrogens is 144 g/mol. The van der Waals surface area contributed by atoms with Crippen LogP contribution < -0.4 is 5.48 Å². The third-order valence-electron chi connectivity index (χ3n) is 0.987. The minimum atomic E-state index is 0.244. The van der Waals surface area contributed by atoms with Crippen molar-refractivity contribution in [1.82, 2.24) is 10.5 Å². The largest absolute Gasteiger partial charge is 0.447 e. The fourth-order valence-corrected chi connectivity index (χ4v) is 0.544. The van der Waals surface area contributed by atoms with Crippen molar-refractivity contribution in [3.8, 4) is 12.3 Å². The van der Waals surface area contributed by atoms with Crippen LogP contribution in [0.3, 0.4) is 0 Å². The van der Waals surface area contributed by atoms with Gasteiger partial charge in [0.15, 0.2) is 6.39 Å². The van der Waals surface area contributed by atoms with Crippen LogP contribution in [0.2, 0.25) is 0 Å². The molecule has 1 N–H and O–H groups in total. The average molecular weight is 152 g/mol. The van der Waals surface area contributed by atoms with Crippen LogP contribution in [0.1, 0.15) is 5.76 Å². The van der Waals surface area contributed by atoms with Crippen LogP contribution in [-0.2, 0) is 11.4 Å². The van der Waals surface area contributed by atoms with Gasteiger partial charge in [0.05, 0.1) is 12.7 Å². The topological polar surface area (TPSA) is 47.3 Å². The lowest BCUT2D eigenvalue weighted by Gasteiger charge is -1.97. The summed E-state index contributed by atoms with van der Waals surface area (Å²) >= 11 is 0. The van der Waals surface area contributed by atoms with E-state index in [4.69, 9.17) is 15.7 Å². The molecule has 0 aliphatic heterocycles. The molecule has 0 bridgehead atoms. The van der Waals surface area contributed by atoms with Crippen LogP contribution >= 0.6 is 0 Å². The minimum Gasteiger partial charge on any atom is -0.447 e. The smallest absolute Gasteiger partial charge is 0.180 e. The highest BCUT2D eigenvalue weighted by Crippen LogP contribution is 1.93. The standard InChI is InChI=1S/C7H8N2O2/c1-2-3-11-9-5-7-4-8-6-10-7/h1,4,6,9H,3,5H2. The van der Waals surface area contributed by atoms with Gasteiger partial charge < -0.3 is 4.42 Å². The molecule has 0 radical (unpaired) electrons. The molecule has 58 valence electrons. The van der Waals surface area contributed by atoms with E-state index in [9.17, 15) is 0 Å². The summed E-state index contributed by atoms with van der Waals surface area (Å²) in [6, 6.07) is 0. The summed E-state index contributed by atoms with van der Waals surface area (Å²) in [6.45, 7) is 0.718. The molecular formula is C7H8N2O2. The quantitative estimate of drug-likeness (QED) is 0.383. The van der Waals surface area contributed by atoms with Crippen LogP contribution in [-0.4, -0.2) is 11.6 Å². The molecule has 0 saturated carbocycles. The molecule has 1 aromatic rings. The molecule has 0 unspecified atom stereocenters. The Morgan fingerprint density at radius 1 is 1.82 bits per heavy atom. The highest BCUT2D eigenvalue weighted by atomic mass is 16.6. The molecule has 0 aliphatic rings. The predicted molar refractivity (Wildman–Crippen MR) is 38.1 cm³/mol. The Bertz CT molecular complexity index is 225. The Hall–Kier alpha value is -1.31. The number of hydroxylamine groups is 1. The van der Waals surface area contributed by atoms with Crippen molar-refractivity contribution in [3.05, 3.63) is 18.4 Å². The molecule has 0 atom stereocenters. The first-order chi connectivity index (χ1) is 5.43. The molecule has 11 heavy (non-hydrogen) atoms. The predicted octanol–water partition coefficient (Wildman–Crippen LogP) is 0.329. The summed E-state index contributed by atoms with van der Waals surface area (Å²) in [5.41, 5.74) is 2.61. The van der Waals surface area contributed by atoms with Crippen LogP contribution in [0.15, 0.2) is 17.0 Å². The van der Waals surface area contributed by atoms with Gasteiger partial charge in [-0.2, -0.15) is 5.48 Å². The summed E-state index contributed by atoms with van der Waals surface area (Å²) < 4.78 is 4.91. The number of nitrogens with zero attached hydrogens (tertiary/aromatic N) is 1. The zero-order chi connectivity index (χ0) is 7.94. The highest BCUT2D eigenvalue weighted by molar-refractivity contribution is 4.86. The van der Waals surface area contributed by atoms with Gasteiger partial charge in [-0.3, -0.25) is 4.84 Å². The monoisotopic (exact) mass is 152 g/mol. The zero-order valence-corrected chi connectivity index (χ0v) is 5.91. The molecule has 0 spiro atoms. The molecule has 1 aromatic heterocycles. The summed E-state index contributed by atoms with van der Waals surface area (Å²) in [7, 11) is 0. The second-order valence-electron chi connectivity index (χ2n) is 1.78. The molecule has 1 rings (SSSR count). The number of oxazole rings is 1. The van der Waals surface area contributed by atoms with Gasteiger partial charge in [0.2, 0.25) is 0 Å². The SMILES string of the molecule is C#CCONCc1cnco1. The second-order valence-corrected chi connectivity index (χ2v) is 1.78. The molecule has 0 amide bonds. The fourth-order valence-electron chi connectivity index (χ4n) is 0.544. The van der Waals surface area contributed by atoms with E-state index >= 15 is 0 Å². The maximum absolute atomic E-state index is 4.94. The van der Waals surface area contributed by atoms with Gasteiger partial charge in [0.25, 0.3) is 0 Å². The van der Waals surface area contributed by atoms with Crippen molar-refractivity contribution in [2.45, 2.75) is 6.54 Å². The van der Waals surface area contributed by atoms with Gasteiger partial charge in [0, 0.05) is 0 Å². The molecule has 0 saturated heterocycles.